The lowest BCUT2D eigenvalue weighted by molar-refractivity contribution is -0.131. The predicted octanol–water partition coefficient (Wildman–Crippen LogP) is -1.17. The van der Waals surface area contributed by atoms with E-state index in [0.717, 1.165) is 0 Å². The molecule has 0 aromatic rings. The Bertz CT molecular complexity index is 1350. The summed E-state index contributed by atoms with van der Waals surface area (Å²) in [5.41, 5.74) is 17.2. The van der Waals surface area contributed by atoms with Gasteiger partial charge in [0.25, 0.3) is 0 Å². The van der Waals surface area contributed by atoms with Crippen molar-refractivity contribution in [3.05, 3.63) is 62.0 Å². The van der Waals surface area contributed by atoms with Crippen molar-refractivity contribution in [3.63, 3.8) is 0 Å². The molecule has 3 rings (SSSR count). The highest BCUT2D eigenvalue weighted by molar-refractivity contribution is 7.99. The van der Waals surface area contributed by atoms with E-state index in [1.807, 2.05) is 0 Å². The van der Waals surface area contributed by atoms with E-state index in [1.54, 1.807) is 67.6 Å². The number of nitrogens with one attached hydrogen (secondary N) is 3. The van der Waals surface area contributed by atoms with Crippen LogP contribution >= 0.6 is 36.2 Å². The number of carbonyl (C=O) groups excluding carboxylic acids is 5. The molecule has 0 aromatic heterocycles. The number of thiol groups is 1. The molecule has 0 fully saturated rings. The van der Waals surface area contributed by atoms with Gasteiger partial charge in [-0.15, -0.1) is 0 Å². The first-order valence-electron chi connectivity index (χ1n) is 16.3. The molecule has 9 N–H and O–H groups in total. The molecule has 3 atom stereocenters. The molecule has 0 saturated carbocycles. The van der Waals surface area contributed by atoms with E-state index < -0.39 is 24.4 Å². The Morgan fingerprint density at radius 1 is 0.706 bits per heavy atom. The van der Waals surface area contributed by atoms with Crippen LogP contribution < -0.4 is 33.2 Å². The number of carbonyl (C=O) groups is 5. The first-order valence-corrected chi connectivity index (χ1v) is 19.3. The quantitative estimate of drug-likeness (QED) is 0.0544. The third-order valence-electron chi connectivity index (χ3n) is 7.73. The number of rotatable bonds is 21. The molecule has 3 unspecified atom stereocenters. The van der Waals surface area contributed by atoms with Gasteiger partial charge in [0.1, 0.15) is 19.6 Å². The van der Waals surface area contributed by atoms with Crippen LogP contribution in [0.2, 0.25) is 0 Å². The Hall–Kier alpha value is -3.82. The Labute approximate surface area is 313 Å². The summed E-state index contributed by atoms with van der Waals surface area (Å²) < 4.78 is 0. The minimum absolute atomic E-state index is 0.0811. The summed E-state index contributed by atoms with van der Waals surface area (Å²) in [5, 5.41) is 8.10. The zero-order valence-electron chi connectivity index (χ0n) is 28.6. The SMILES string of the molecule is C=CN(CCSCCN(CCSCCN(CCS)C(=O)CN1C=CC(N)NC1=O)C(=O)CN1C=CC(N)NC1=O)C(=O)CN1C=CC(N)NC1=C. The molecule has 17 nitrogen and oxygen atoms in total. The lowest BCUT2D eigenvalue weighted by atomic mass is 10.3. The number of urea groups is 2. The molecule has 3 aliphatic heterocycles. The Kier molecular flexibility index (Phi) is 17.6. The smallest absolute Gasteiger partial charge is 0.323 e. The Morgan fingerprint density at radius 2 is 1.12 bits per heavy atom. The summed E-state index contributed by atoms with van der Waals surface area (Å²) in [5.74, 6) is 2.82. The predicted molar refractivity (Wildman–Crippen MR) is 204 cm³/mol. The highest BCUT2D eigenvalue weighted by atomic mass is 32.2. The van der Waals surface area contributed by atoms with Gasteiger partial charge in [-0.3, -0.25) is 24.2 Å². The van der Waals surface area contributed by atoms with Gasteiger partial charge in [0.05, 0.1) is 24.3 Å². The van der Waals surface area contributed by atoms with Crippen molar-refractivity contribution < 1.29 is 24.0 Å². The molecular weight excluding hydrogens is 717 g/mol. The highest BCUT2D eigenvalue weighted by Gasteiger charge is 2.25. The zero-order chi connectivity index (χ0) is 37.3. The van der Waals surface area contributed by atoms with E-state index >= 15 is 0 Å². The maximum atomic E-state index is 13.4. The van der Waals surface area contributed by atoms with Crippen LogP contribution in [0.15, 0.2) is 62.0 Å². The van der Waals surface area contributed by atoms with Crippen LogP contribution in [-0.4, -0.2) is 159 Å². The molecule has 7 amide bonds. The van der Waals surface area contributed by atoms with Gasteiger partial charge in [0, 0.05) is 80.1 Å². The van der Waals surface area contributed by atoms with Crippen LogP contribution in [0.3, 0.4) is 0 Å². The minimum Gasteiger partial charge on any atom is -0.353 e. The second-order valence-electron chi connectivity index (χ2n) is 11.5. The van der Waals surface area contributed by atoms with Crippen LogP contribution in [0.1, 0.15) is 0 Å². The molecule has 3 aliphatic rings. The Balaban J connectivity index is 1.48. The van der Waals surface area contributed by atoms with E-state index in [-0.39, 0.29) is 43.5 Å². The maximum absolute atomic E-state index is 13.4. The third kappa shape index (κ3) is 14.0. The first-order chi connectivity index (χ1) is 24.4. The first kappa shape index (κ1) is 41.6. The fourth-order valence-corrected chi connectivity index (χ4v) is 6.89. The molecule has 282 valence electrons. The number of hydrogen-bond donors (Lipinski definition) is 7. The summed E-state index contributed by atoms with van der Waals surface area (Å²) in [4.78, 5) is 72.9. The van der Waals surface area contributed by atoms with Crippen LogP contribution in [0.25, 0.3) is 0 Å². The highest BCUT2D eigenvalue weighted by Crippen LogP contribution is 2.11. The monoisotopic (exact) mass is 766 g/mol. The number of hydrogen-bond acceptors (Lipinski definition) is 13. The van der Waals surface area contributed by atoms with Crippen molar-refractivity contribution >= 4 is 65.9 Å². The molecule has 0 spiro atoms. The number of thioether (sulfide) groups is 2. The van der Waals surface area contributed by atoms with Gasteiger partial charge in [0.2, 0.25) is 17.7 Å². The maximum Gasteiger partial charge on any atom is 0.323 e. The zero-order valence-corrected chi connectivity index (χ0v) is 31.1. The van der Waals surface area contributed by atoms with E-state index in [0.29, 0.717) is 67.3 Å². The van der Waals surface area contributed by atoms with Gasteiger partial charge in [-0.1, -0.05) is 13.2 Å². The summed E-state index contributed by atoms with van der Waals surface area (Å²) in [6.45, 7) is 9.64. The minimum atomic E-state index is -0.611. The Morgan fingerprint density at radius 3 is 1.55 bits per heavy atom. The van der Waals surface area contributed by atoms with Crippen LogP contribution in [-0.2, 0) is 14.4 Å². The topological polar surface area (TPSA) is 219 Å². The van der Waals surface area contributed by atoms with Crippen molar-refractivity contribution in [1.82, 2.24) is 45.3 Å². The van der Waals surface area contributed by atoms with Crippen molar-refractivity contribution in [1.29, 1.82) is 0 Å². The largest absolute Gasteiger partial charge is 0.353 e. The summed E-state index contributed by atoms with van der Waals surface area (Å²) in [6.07, 6.45) is 9.62. The van der Waals surface area contributed by atoms with E-state index in [1.165, 1.54) is 28.4 Å². The van der Waals surface area contributed by atoms with E-state index in [2.05, 4.69) is 41.7 Å². The summed E-state index contributed by atoms with van der Waals surface area (Å²) in [7, 11) is 0. The molecule has 51 heavy (non-hydrogen) atoms. The molecule has 20 heteroatoms. The van der Waals surface area contributed by atoms with Crippen LogP contribution in [0.4, 0.5) is 9.59 Å². The van der Waals surface area contributed by atoms with Crippen LogP contribution in [0.5, 0.6) is 0 Å². The molecule has 0 aromatic carbocycles. The number of nitrogens with zero attached hydrogens (tertiary/aromatic N) is 6. The lowest BCUT2D eigenvalue weighted by Crippen LogP contribution is -2.52. The number of amides is 7. The second kappa shape index (κ2) is 21.5. The lowest BCUT2D eigenvalue weighted by Gasteiger charge is -2.31. The van der Waals surface area contributed by atoms with Crippen molar-refractivity contribution in [3.8, 4) is 0 Å². The van der Waals surface area contributed by atoms with Gasteiger partial charge >= 0.3 is 12.1 Å². The third-order valence-corrected chi connectivity index (χ3v) is 9.81. The normalized spacial score (nSPS) is 19.7. The fraction of sp³-hybridized carbons (Fsp3) is 0.516. The summed E-state index contributed by atoms with van der Waals surface area (Å²) in [6, 6.07) is -0.887. The van der Waals surface area contributed by atoms with Gasteiger partial charge in [-0.25, -0.2) is 9.59 Å². The van der Waals surface area contributed by atoms with Crippen molar-refractivity contribution in [2.75, 3.05) is 81.1 Å². The molecule has 3 heterocycles. The van der Waals surface area contributed by atoms with Gasteiger partial charge in [0.15, 0.2) is 0 Å². The van der Waals surface area contributed by atoms with E-state index in [4.69, 9.17) is 17.2 Å². The standard InChI is InChI=1S/C31H50N12O5S3/c1-3-38(27(44)20-41-7-4-24(32)35-23(41)2)11-16-50-18-13-40(29(46)22-43-9-6-26(34)37-31(43)48)14-19-51-17-12-39(10-15-49)28(45)21-42-8-5-25(33)36-30(42)47/h3-9,24-26,35,49H,1-2,10-22,32-34H2,(H,36,47)(H,37,48). The van der Waals surface area contributed by atoms with Gasteiger partial charge in [-0.05, 0) is 24.4 Å². The fourth-order valence-electron chi connectivity index (χ4n) is 4.86. The molecule has 0 aliphatic carbocycles. The van der Waals surface area contributed by atoms with Crippen LogP contribution in [0, 0.1) is 0 Å². The molecule has 0 bridgehead atoms. The van der Waals surface area contributed by atoms with E-state index in [9.17, 15) is 24.0 Å². The molecule has 0 radical (unpaired) electrons. The van der Waals surface area contributed by atoms with Gasteiger partial charge < -0.3 is 52.8 Å². The average molecular weight is 767 g/mol. The second-order valence-corrected chi connectivity index (χ2v) is 14.4. The summed E-state index contributed by atoms with van der Waals surface area (Å²) >= 11 is 7.46. The van der Waals surface area contributed by atoms with Crippen molar-refractivity contribution in [2.45, 2.75) is 18.5 Å². The molecular formula is C31H50N12O5S3. The molecule has 0 saturated heterocycles. The number of nitrogens with two attached hydrogens (primary N) is 3. The van der Waals surface area contributed by atoms with Gasteiger partial charge in [-0.2, -0.15) is 36.2 Å². The average Bonchev–Trinajstić information content (AvgIpc) is 3.08. The van der Waals surface area contributed by atoms with Crippen molar-refractivity contribution in [2.24, 2.45) is 17.2 Å².